The van der Waals surface area contributed by atoms with Gasteiger partial charge in [0, 0.05) is 19.0 Å². The highest BCUT2D eigenvalue weighted by Gasteiger charge is 2.21. The summed E-state index contributed by atoms with van der Waals surface area (Å²) >= 11 is 0. The van der Waals surface area contributed by atoms with Crippen LogP contribution in [0.1, 0.15) is 32.1 Å². The van der Waals surface area contributed by atoms with Gasteiger partial charge in [-0.3, -0.25) is 0 Å². The summed E-state index contributed by atoms with van der Waals surface area (Å²) in [6, 6.07) is 2.74. The highest BCUT2D eigenvalue weighted by Crippen LogP contribution is 2.22. The number of hydrogen-bond acceptors (Lipinski definition) is 3. The second kappa shape index (κ2) is 5.21. The summed E-state index contributed by atoms with van der Waals surface area (Å²) in [6.07, 6.45) is 4.51. The van der Waals surface area contributed by atoms with Crippen LogP contribution in [0.5, 0.6) is 0 Å². The van der Waals surface area contributed by atoms with Gasteiger partial charge in [-0.2, -0.15) is 5.26 Å². The van der Waals surface area contributed by atoms with Crippen LogP contribution in [0.25, 0.3) is 0 Å². The van der Waals surface area contributed by atoms with Crippen molar-refractivity contribution in [3.05, 3.63) is 0 Å². The Hall–Kier alpha value is -0.590. The molecule has 1 aliphatic carbocycles. The van der Waals surface area contributed by atoms with E-state index in [1.807, 2.05) is 0 Å². The average Bonchev–Trinajstić information content (AvgIpc) is 2.15. The maximum atomic E-state index is 9.31. The van der Waals surface area contributed by atoms with Crippen molar-refractivity contribution in [3.63, 3.8) is 0 Å². The summed E-state index contributed by atoms with van der Waals surface area (Å²) < 4.78 is 0. The maximum absolute atomic E-state index is 9.31. The van der Waals surface area contributed by atoms with Gasteiger partial charge < -0.3 is 10.0 Å². The molecule has 13 heavy (non-hydrogen) atoms. The first-order valence-electron chi connectivity index (χ1n) is 4.99. The van der Waals surface area contributed by atoms with E-state index >= 15 is 0 Å². The minimum absolute atomic E-state index is 0.0828. The Morgan fingerprint density at radius 2 is 2.00 bits per heavy atom. The lowest BCUT2D eigenvalue weighted by Crippen LogP contribution is -2.36. The Morgan fingerprint density at radius 1 is 1.38 bits per heavy atom. The van der Waals surface area contributed by atoms with Crippen molar-refractivity contribution in [2.45, 2.75) is 44.2 Å². The number of hydrogen-bond donors (Lipinski definition) is 1. The number of nitrogens with zero attached hydrogens (tertiary/aromatic N) is 2. The predicted octanol–water partition coefficient (Wildman–Crippen LogP) is 1.14. The van der Waals surface area contributed by atoms with Gasteiger partial charge in [-0.15, -0.1) is 0 Å². The Balaban J connectivity index is 2.24. The third kappa shape index (κ3) is 3.33. The quantitative estimate of drug-likeness (QED) is 0.712. The van der Waals surface area contributed by atoms with Crippen LogP contribution in [0.3, 0.4) is 0 Å². The SMILES string of the molecule is CN(CCC#N)C1CCC(O)CC1. The van der Waals surface area contributed by atoms with Crippen molar-refractivity contribution in [1.29, 1.82) is 5.26 Å². The molecule has 1 rings (SSSR count). The molecule has 1 N–H and O–H groups in total. The van der Waals surface area contributed by atoms with E-state index in [1.54, 1.807) is 0 Å². The van der Waals surface area contributed by atoms with E-state index in [9.17, 15) is 5.11 Å². The fourth-order valence-corrected chi connectivity index (χ4v) is 1.91. The van der Waals surface area contributed by atoms with E-state index in [4.69, 9.17) is 5.26 Å². The highest BCUT2D eigenvalue weighted by molar-refractivity contribution is 4.80. The van der Waals surface area contributed by atoms with Gasteiger partial charge in [0.1, 0.15) is 0 Å². The van der Waals surface area contributed by atoms with Crippen LogP contribution in [-0.2, 0) is 0 Å². The van der Waals surface area contributed by atoms with Crippen LogP contribution in [0.4, 0.5) is 0 Å². The second-order valence-electron chi connectivity index (χ2n) is 3.85. The lowest BCUT2D eigenvalue weighted by molar-refractivity contribution is 0.0850. The molecular weight excluding hydrogens is 164 g/mol. The van der Waals surface area contributed by atoms with Crippen molar-refractivity contribution in [2.24, 2.45) is 0 Å². The van der Waals surface area contributed by atoms with Crippen LogP contribution in [0.2, 0.25) is 0 Å². The molecule has 74 valence electrons. The van der Waals surface area contributed by atoms with E-state index in [0.29, 0.717) is 12.5 Å². The molecule has 0 radical (unpaired) electrons. The van der Waals surface area contributed by atoms with Crippen molar-refractivity contribution >= 4 is 0 Å². The van der Waals surface area contributed by atoms with Gasteiger partial charge in [-0.1, -0.05) is 0 Å². The van der Waals surface area contributed by atoms with Crippen LogP contribution < -0.4 is 0 Å². The first-order chi connectivity index (χ1) is 6.24. The Morgan fingerprint density at radius 3 is 2.54 bits per heavy atom. The van der Waals surface area contributed by atoms with Crippen molar-refractivity contribution in [2.75, 3.05) is 13.6 Å². The summed E-state index contributed by atoms with van der Waals surface area (Å²) in [7, 11) is 2.07. The molecule has 0 atom stereocenters. The predicted molar refractivity (Wildman–Crippen MR) is 51.1 cm³/mol. The number of aliphatic hydroxyl groups excluding tert-OH is 1. The third-order valence-electron chi connectivity index (χ3n) is 2.87. The summed E-state index contributed by atoms with van der Waals surface area (Å²) in [5.41, 5.74) is 0. The van der Waals surface area contributed by atoms with E-state index < -0.39 is 0 Å². The van der Waals surface area contributed by atoms with Crippen molar-refractivity contribution in [3.8, 4) is 6.07 Å². The molecule has 1 saturated carbocycles. The monoisotopic (exact) mass is 182 g/mol. The summed E-state index contributed by atoms with van der Waals surface area (Å²) in [4.78, 5) is 2.25. The van der Waals surface area contributed by atoms with Crippen molar-refractivity contribution in [1.82, 2.24) is 4.90 Å². The van der Waals surface area contributed by atoms with E-state index in [-0.39, 0.29) is 6.10 Å². The van der Waals surface area contributed by atoms with Crippen LogP contribution in [0.15, 0.2) is 0 Å². The van der Waals surface area contributed by atoms with Gasteiger partial charge in [0.2, 0.25) is 0 Å². The molecule has 0 heterocycles. The van der Waals surface area contributed by atoms with Gasteiger partial charge in [0.05, 0.1) is 12.2 Å². The van der Waals surface area contributed by atoms with Crippen LogP contribution in [0, 0.1) is 11.3 Å². The molecule has 0 aromatic carbocycles. The van der Waals surface area contributed by atoms with Gasteiger partial charge in [0.15, 0.2) is 0 Å². The first-order valence-corrected chi connectivity index (χ1v) is 4.99. The summed E-state index contributed by atoms with van der Waals surface area (Å²) in [6.45, 7) is 0.858. The zero-order chi connectivity index (χ0) is 9.68. The Kier molecular flexibility index (Phi) is 4.20. The molecular formula is C10H18N2O. The molecule has 0 aliphatic heterocycles. The smallest absolute Gasteiger partial charge is 0.0635 e. The van der Waals surface area contributed by atoms with E-state index in [1.165, 1.54) is 0 Å². The molecule has 1 fully saturated rings. The zero-order valence-electron chi connectivity index (χ0n) is 8.24. The zero-order valence-corrected chi connectivity index (χ0v) is 8.24. The van der Waals surface area contributed by atoms with Gasteiger partial charge in [-0.25, -0.2) is 0 Å². The minimum atomic E-state index is -0.0828. The molecule has 3 nitrogen and oxygen atoms in total. The number of nitriles is 1. The Labute approximate surface area is 80.0 Å². The molecule has 0 aromatic heterocycles. The van der Waals surface area contributed by atoms with Gasteiger partial charge in [-0.05, 0) is 32.7 Å². The second-order valence-corrected chi connectivity index (χ2v) is 3.85. The fourth-order valence-electron chi connectivity index (χ4n) is 1.91. The molecule has 0 saturated heterocycles. The van der Waals surface area contributed by atoms with E-state index in [2.05, 4.69) is 18.0 Å². The normalized spacial score (nSPS) is 28.8. The first kappa shape index (κ1) is 10.5. The van der Waals surface area contributed by atoms with Crippen LogP contribution in [-0.4, -0.2) is 35.7 Å². The minimum Gasteiger partial charge on any atom is -0.393 e. The lowest BCUT2D eigenvalue weighted by Gasteiger charge is -2.32. The highest BCUT2D eigenvalue weighted by atomic mass is 16.3. The largest absolute Gasteiger partial charge is 0.393 e. The average molecular weight is 182 g/mol. The molecule has 0 bridgehead atoms. The molecule has 0 aromatic rings. The number of aliphatic hydroxyl groups is 1. The third-order valence-corrected chi connectivity index (χ3v) is 2.87. The molecule has 0 spiro atoms. The molecule has 1 aliphatic rings. The lowest BCUT2D eigenvalue weighted by atomic mass is 9.92. The summed E-state index contributed by atoms with van der Waals surface area (Å²) in [5.74, 6) is 0. The molecule has 3 heteroatoms. The maximum Gasteiger partial charge on any atom is 0.0635 e. The van der Waals surface area contributed by atoms with Gasteiger partial charge >= 0.3 is 0 Å². The van der Waals surface area contributed by atoms with Crippen LogP contribution >= 0.6 is 0 Å². The van der Waals surface area contributed by atoms with Crippen molar-refractivity contribution < 1.29 is 5.11 Å². The number of rotatable bonds is 3. The Bertz CT molecular complexity index is 180. The standard InChI is InChI=1S/C10H18N2O/c1-12(8-2-7-11)9-3-5-10(13)6-4-9/h9-10,13H,2-6,8H2,1H3. The fraction of sp³-hybridized carbons (Fsp3) is 0.900. The molecule has 0 unspecified atom stereocenters. The van der Waals surface area contributed by atoms with E-state index in [0.717, 1.165) is 32.2 Å². The summed E-state index contributed by atoms with van der Waals surface area (Å²) in [5, 5.41) is 17.8. The molecule has 0 amide bonds. The van der Waals surface area contributed by atoms with Gasteiger partial charge in [0.25, 0.3) is 0 Å². The topological polar surface area (TPSA) is 47.3 Å².